The molecule has 1 N–H and O–H groups in total. The van der Waals surface area contributed by atoms with Crippen LogP contribution >= 0.6 is 71.2 Å². The van der Waals surface area contributed by atoms with E-state index in [9.17, 15) is 4.79 Å². The number of carbonyl (C=O) groups excluding carboxylic acids is 1. The molecule has 0 radical (unpaired) electrons. The van der Waals surface area contributed by atoms with Gasteiger partial charge < -0.3 is 5.32 Å². The highest BCUT2D eigenvalue weighted by molar-refractivity contribution is 9.11. The zero-order valence-corrected chi connectivity index (χ0v) is 21.3. The standard InChI is InChI=1S/C19H11Br3ClN5OS/c20-10-5-14(21)17(15(22)6-10)27-16(29)8-30-19-13-7-26-28(18(13)24-9-25-19)12-3-1-11(23)2-4-12/h1-7,9H,8H2,(H,27,29). The number of halogens is 4. The van der Waals surface area contributed by atoms with Crippen molar-refractivity contribution in [3.8, 4) is 5.69 Å². The molecular formula is C19H11Br3ClN5OS. The van der Waals surface area contributed by atoms with Gasteiger partial charge in [-0.05, 0) is 68.3 Å². The molecule has 0 saturated carbocycles. The van der Waals surface area contributed by atoms with Crippen LogP contribution in [0, 0.1) is 0 Å². The van der Waals surface area contributed by atoms with Gasteiger partial charge in [0.15, 0.2) is 5.65 Å². The van der Waals surface area contributed by atoms with Crippen LogP contribution < -0.4 is 5.32 Å². The number of anilines is 1. The summed E-state index contributed by atoms with van der Waals surface area (Å²) in [5.41, 5.74) is 2.17. The Hall–Kier alpha value is -1.46. The van der Waals surface area contributed by atoms with Crippen molar-refractivity contribution in [2.24, 2.45) is 0 Å². The first-order valence-corrected chi connectivity index (χ1v) is 12.2. The third-order valence-corrected chi connectivity index (χ3v) is 6.98. The number of amides is 1. The Labute approximate surface area is 206 Å². The largest absolute Gasteiger partial charge is 0.323 e. The SMILES string of the molecule is O=C(CSc1ncnc2c1cnn2-c1ccc(Cl)cc1)Nc1c(Br)cc(Br)cc1Br. The number of rotatable bonds is 5. The molecule has 2 aromatic heterocycles. The van der Waals surface area contributed by atoms with E-state index in [1.807, 2.05) is 24.3 Å². The van der Waals surface area contributed by atoms with Crippen molar-refractivity contribution in [1.29, 1.82) is 0 Å². The lowest BCUT2D eigenvalue weighted by Gasteiger charge is -2.10. The second-order valence-electron chi connectivity index (χ2n) is 6.03. The first kappa shape index (κ1) is 21.8. The Morgan fingerprint density at radius 2 is 1.80 bits per heavy atom. The van der Waals surface area contributed by atoms with Crippen molar-refractivity contribution < 1.29 is 4.79 Å². The summed E-state index contributed by atoms with van der Waals surface area (Å²) in [5, 5.41) is 9.44. The van der Waals surface area contributed by atoms with Gasteiger partial charge in [-0.1, -0.05) is 39.3 Å². The monoisotopic (exact) mass is 629 g/mol. The fraction of sp³-hybridized carbons (Fsp3) is 0.0526. The van der Waals surface area contributed by atoms with Crippen LogP contribution in [0.1, 0.15) is 0 Å². The van der Waals surface area contributed by atoms with Crippen LogP contribution in [-0.2, 0) is 4.79 Å². The molecule has 0 aliphatic rings. The molecule has 2 heterocycles. The summed E-state index contributed by atoms with van der Waals surface area (Å²) < 4.78 is 4.16. The highest BCUT2D eigenvalue weighted by Gasteiger charge is 2.15. The maximum absolute atomic E-state index is 12.5. The van der Waals surface area contributed by atoms with Crippen LogP contribution in [0.3, 0.4) is 0 Å². The van der Waals surface area contributed by atoms with Crippen molar-refractivity contribution in [2.45, 2.75) is 5.03 Å². The van der Waals surface area contributed by atoms with Gasteiger partial charge >= 0.3 is 0 Å². The number of nitrogens with one attached hydrogen (secondary N) is 1. The number of nitrogens with zero attached hydrogens (tertiary/aromatic N) is 4. The minimum Gasteiger partial charge on any atom is -0.323 e. The molecule has 4 aromatic rings. The average Bonchev–Trinajstić information content (AvgIpc) is 3.14. The molecule has 6 nitrogen and oxygen atoms in total. The first-order chi connectivity index (χ1) is 14.4. The summed E-state index contributed by atoms with van der Waals surface area (Å²) >= 11 is 17.6. The molecule has 30 heavy (non-hydrogen) atoms. The molecule has 2 aromatic carbocycles. The van der Waals surface area contributed by atoms with E-state index in [1.165, 1.54) is 18.1 Å². The molecule has 0 fully saturated rings. The molecule has 0 unspecified atom stereocenters. The van der Waals surface area contributed by atoms with Crippen LogP contribution in [-0.4, -0.2) is 31.4 Å². The van der Waals surface area contributed by atoms with Crippen molar-refractivity contribution in [3.05, 3.63) is 67.4 Å². The predicted octanol–water partition coefficient (Wildman–Crippen LogP) is 6.49. The van der Waals surface area contributed by atoms with Gasteiger partial charge in [0.1, 0.15) is 11.4 Å². The summed E-state index contributed by atoms with van der Waals surface area (Å²) in [5.74, 6) is 0.0354. The number of hydrogen-bond donors (Lipinski definition) is 1. The number of benzene rings is 2. The van der Waals surface area contributed by atoms with E-state index < -0.39 is 0 Å². The zero-order chi connectivity index (χ0) is 21.3. The summed E-state index contributed by atoms with van der Waals surface area (Å²) in [6.45, 7) is 0. The summed E-state index contributed by atoms with van der Waals surface area (Å²) in [7, 11) is 0. The Morgan fingerprint density at radius 1 is 1.10 bits per heavy atom. The predicted molar refractivity (Wildman–Crippen MR) is 131 cm³/mol. The van der Waals surface area contributed by atoms with E-state index in [2.05, 4.69) is 68.2 Å². The lowest BCUT2D eigenvalue weighted by molar-refractivity contribution is -0.113. The second kappa shape index (κ2) is 9.35. The van der Waals surface area contributed by atoms with Gasteiger partial charge in [-0.25, -0.2) is 14.6 Å². The molecule has 4 rings (SSSR count). The van der Waals surface area contributed by atoms with Crippen molar-refractivity contribution in [1.82, 2.24) is 19.7 Å². The number of hydrogen-bond acceptors (Lipinski definition) is 5. The Bertz CT molecular complexity index is 1230. The van der Waals surface area contributed by atoms with Gasteiger partial charge in [-0.3, -0.25) is 4.79 Å². The number of aromatic nitrogens is 4. The first-order valence-electron chi connectivity index (χ1n) is 8.44. The average molecular weight is 633 g/mol. The van der Waals surface area contributed by atoms with Gasteiger partial charge in [-0.15, -0.1) is 0 Å². The van der Waals surface area contributed by atoms with Crippen LogP contribution in [0.25, 0.3) is 16.7 Å². The Kier molecular flexibility index (Phi) is 6.78. The molecule has 0 saturated heterocycles. The molecular weight excluding hydrogens is 621 g/mol. The van der Waals surface area contributed by atoms with E-state index in [4.69, 9.17) is 11.6 Å². The second-order valence-corrected chi connectivity index (χ2v) is 10.1. The fourth-order valence-electron chi connectivity index (χ4n) is 2.68. The fourth-order valence-corrected chi connectivity index (χ4v) is 6.02. The summed E-state index contributed by atoms with van der Waals surface area (Å²) in [6, 6.07) is 11.1. The molecule has 1 amide bonds. The van der Waals surface area contributed by atoms with Crippen LogP contribution in [0.2, 0.25) is 5.02 Å². The number of thioether (sulfide) groups is 1. The Morgan fingerprint density at radius 3 is 2.50 bits per heavy atom. The minimum absolute atomic E-state index is 0.152. The normalized spacial score (nSPS) is 11.1. The topological polar surface area (TPSA) is 72.7 Å². The van der Waals surface area contributed by atoms with E-state index >= 15 is 0 Å². The lowest BCUT2D eigenvalue weighted by Crippen LogP contribution is -2.15. The molecule has 0 aliphatic carbocycles. The molecule has 0 atom stereocenters. The molecule has 0 aliphatic heterocycles. The van der Waals surface area contributed by atoms with Gasteiger partial charge in [0.25, 0.3) is 0 Å². The van der Waals surface area contributed by atoms with E-state index in [-0.39, 0.29) is 11.7 Å². The molecule has 0 spiro atoms. The minimum atomic E-state index is -0.152. The van der Waals surface area contributed by atoms with Crippen molar-refractivity contribution in [2.75, 3.05) is 11.1 Å². The van der Waals surface area contributed by atoms with E-state index in [1.54, 1.807) is 23.0 Å². The highest BCUT2D eigenvalue weighted by Crippen LogP contribution is 2.34. The van der Waals surface area contributed by atoms with Crippen molar-refractivity contribution >= 4 is 93.8 Å². The van der Waals surface area contributed by atoms with Gasteiger partial charge in [0, 0.05) is 18.4 Å². The third kappa shape index (κ3) is 4.72. The Balaban J connectivity index is 1.52. The van der Waals surface area contributed by atoms with E-state index in [0.717, 1.165) is 24.5 Å². The van der Waals surface area contributed by atoms with Crippen LogP contribution in [0.5, 0.6) is 0 Å². The lowest BCUT2D eigenvalue weighted by atomic mass is 10.3. The summed E-state index contributed by atoms with van der Waals surface area (Å²) in [6.07, 6.45) is 3.17. The zero-order valence-electron chi connectivity index (χ0n) is 14.9. The van der Waals surface area contributed by atoms with Crippen LogP contribution in [0.15, 0.2) is 67.4 Å². The van der Waals surface area contributed by atoms with Crippen molar-refractivity contribution in [3.63, 3.8) is 0 Å². The maximum atomic E-state index is 12.5. The molecule has 0 bridgehead atoms. The number of fused-ring (bicyclic) bond motifs is 1. The van der Waals surface area contributed by atoms with E-state index in [0.29, 0.717) is 21.4 Å². The quantitative estimate of drug-likeness (QED) is 0.201. The highest BCUT2D eigenvalue weighted by atomic mass is 79.9. The third-order valence-electron chi connectivity index (χ3n) is 4.01. The maximum Gasteiger partial charge on any atom is 0.234 e. The summed E-state index contributed by atoms with van der Waals surface area (Å²) in [4.78, 5) is 21.2. The van der Waals surface area contributed by atoms with Gasteiger partial charge in [-0.2, -0.15) is 5.10 Å². The smallest absolute Gasteiger partial charge is 0.234 e. The van der Waals surface area contributed by atoms with Gasteiger partial charge in [0.2, 0.25) is 5.91 Å². The van der Waals surface area contributed by atoms with Crippen LogP contribution in [0.4, 0.5) is 5.69 Å². The molecule has 11 heteroatoms. The van der Waals surface area contributed by atoms with Gasteiger partial charge in [0.05, 0.1) is 28.7 Å². The number of carbonyl (C=O) groups is 1. The molecule has 152 valence electrons.